The summed E-state index contributed by atoms with van der Waals surface area (Å²) < 4.78 is 16.6. The smallest absolute Gasteiger partial charge is 0.329 e. The number of furan rings is 1. The van der Waals surface area contributed by atoms with Crippen LogP contribution in [0, 0.1) is 0 Å². The molecule has 1 aromatic heterocycles. The normalized spacial score (nSPS) is 10.6. The lowest BCUT2D eigenvalue weighted by Crippen LogP contribution is -2.37. The molecule has 0 radical (unpaired) electrons. The van der Waals surface area contributed by atoms with Crippen molar-refractivity contribution in [2.45, 2.75) is 20.1 Å². The standard InChI is InChI=1S/C23H23N3O5/c1-2-29-21-13-18(10-11-20(21)31-16-17-7-4-3-5-8-17)14-25-26-23(28)22(27)24-15-19-9-6-12-30-19/h3-14H,2,15-16H2,1H3,(H,24,27)(H,26,28)/b25-14-. The Bertz CT molecular complexity index is 1020. The van der Waals surface area contributed by atoms with E-state index in [9.17, 15) is 9.59 Å². The fraction of sp³-hybridized carbons (Fsp3) is 0.174. The average Bonchev–Trinajstić information content (AvgIpc) is 3.31. The summed E-state index contributed by atoms with van der Waals surface area (Å²) in [5.41, 5.74) is 3.91. The quantitative estimate of drug-likeness (QED) is 0.314. The van der Waals surface area contributed by atoms with E-state index in [0.717, 1.165) is 5.56 Å². The molecule has 0 saturated carbocycles. The molecule has 160 valence electrons. The number of benzene rings is 2. The lowest BCUT2D eigenvalue weighted by molar-refractivity contribution is -0.139. The largest absolute Gasteiger partial charge is 0.490 e. The van der Waals surface area contributed by atoms with Gasteiger partial charge in [-0.3, -0.25) is 9.59 Å². The number of carbonyl (C=O) groups is 2. The first kappa shape index (κ1) is 21.6. The number of nitrogens with one attached hydrogen (secondary N) is 2. The van der Waals surface area contributed by atoms with Gasteiger partial charge in [-0.05, 0) is 48.4 Å². The van der Waals surface area contributed by atoms with Gasteiger partial charge in [-0.15, -0.1) is 0 Å². The second-order valence-electron chi connectivity index (χ2n) is 6.37. The summed E-state index contributed by atoms with van der Waals surface area (Å²) in [6, 6.07) is 18.5. The molecule has 3 rings (SSSR count). The minimum Gasteiger partial charge on any atom is -0.490 e. The van der Waals surface area contributed by atoms with Crippen LogP contribution >= 0.6 is 0 Å². The fourth-order valence-corrected chi connectivity index (χ4v) is 2.60. The van der Waals surface area contributed by atoms with Crippen LogP contribution in [0.25, 0.3) is 0 Å². The van der Waals surface area contributed by atoms with E-state index in [0.29, 0.717) is 36.0 Å². The lowest BCUT2D eigenvalue weighted by atomic mass is 10.2. The Balaban J connectivity index is 1.55. The van der Waals surface area contributed by atoms with Crippen LogP contribution in [-0.2, 0) is 22.7 Å². The molecule has 0 fully saturated rings. The van der Waals surface area contributed by atoms with E-state index in [1.54, 1.807) is 30.3 Å². The number of ether oxygens (including phenoxy) is 2. The third kappa shape index (κ3) is 6.74. The van der Waals surface area contributed by atoms with Gasteiger partial charge < -0.3 is 19.2 Å². The second kappa shape index (κ2) is 11.2. The third-order valence-corrected chi connectivity index (χ3v) is 4.09. The highest BCUT2D eigenvalue weighted by molar-refractivity contribution is 6.35. The van der Waals surface area contributed by atoms with Crippen LogP contribution in [0.1, 0.15) is 23.8 Å². The zero-order valence-electron chi connectivity index (χ0n) is 17.0. The van der Waals surface area contributed by atoms with E-state index in [2.05, 4.69) is 15.8 Å². The highest BCUT2D eigenvalue weighted by Gasteiger charge is 2.12. The first-order chi connectivity index (χ1) is 15.2. The van der Waals surface area contributed by atoms with Crippen molar-refractivity contribution in [3.8, 4) is 11.5 Å². The van der Waals surface area contributed by atoms with Crippen molar-refractivity contribution in [1.82, 2.24) is 10.7 Å². The zero-order chi connectivity index (χ0) is 21.9. The van der Waals surface area contributed by atoms with Crippen molar-refractivity contribution in [3.05, 3.63) is 83.8 Å². The Hall–Kier alpha value is -4.07. The van der Waals surface area contributed by atoms with Crippen LogP contribution in [0.15, 0.2) is 76.4 Å². The van der Waals surface area contributed by atoms with Crippen molar-refractivity contribution < 1.29 is 23.5 Å². The molecule has 2 aromatic carbocycles. The Morgan fingerprint density at radius 3 is 2.58 bits per heavy atom. The molecular formula is C23H23N3O5. The number of hydrazone groups is 1. The molecule has 0 spiro atoms. The summed E-state index contributed by atoms with van der Waals surface area (Å²) in [7, 11) is 0. The molecule has 0 aliphatic heterocycles. The van der Waals surface area contributed by atoms with E-state index in [1.807, 2.05) is 37.3 Å². The summed E-state index contributed by atoms with van der Waals surface area (Å²) in [6.45, 7) is 2.88. The number of nitrogens with zero attached hydrogens (tertiary/aromatic N) is 1. The Kier molecular flexibility index (Phi) is 7.82. The van der Waals surface area contributed by atoms with Gasteiger partial charge in [-0.1, -0.05) is 30.3 Å². The van der Waals surface area contributed by atoms with Gasteiger partial charge in [0.1, 0.15) is 12.4 Å². The predicted molar refractivity (Wildman–Crippen MR) is 115 cm³/mol. The zero-order valence-corrected chi connectivity index (χ0v) is 17.0. The maximum atomic E-state index is 11.8. The van der Waals surface area contributed by atoms with Crippen molar-refractivity contribution in [2.24, 2.45) is 5.10 Å². The maximum Gasteiger partial charge on any atom is 0.329 e. The average molecular weight is 421 g/mol. The van der Waals surface area contributed by atoms with Gasteiger partial charge in [0.05, 0.1) is 25.6 Å². The molecule has 3 aromatic rings. The summed E-state index contributed by atoms with van der Waals surface area (Å²) in [5.74, 6) is 0.0145. The SMILES string of the molecule is CCOc1cc(/C=N\NC(=O)C(=O)NCc2ccco2)ccc1OCc1ccccc1. The van der Waals surface area contributed by atoms with Gasteiger partial charge in [-0.2, -0.15) is 5.10 Å². The molecule has 1 heterocycles. The number of amides is 2. The minimum atomic E-state index is -0.879. The highest BCUT2D eigenvalue weighted by atomic mass is 16.5. The summed E-state index contributed by atoms with van der Waals surface area (Å²) in [4.78, 5) is 23.6. The van der Waals surface area contributed by atoms with Gasteiger partial charge in [0.2, 0.25) is 0 Å². The number of hydrogen-bond acceptors (Lipinski definition) is 6. The van der Waals surface area contributed by atoms with Crippen LogP contribution in [0.5, 0.6) is 11.5 Å². The van der Waals surface area contributed by atoms with E-state index in [1.165, 1.54) is 12.5 Å². The molecule has 8 nitrogen and oxygen atoms in total. The molecule has 2 amide bonds. The second-order valence-corrected chi connectivity index (χ2v) is 6.37. The van der Waals surface area contributed by atoms with Crippen molar-refractivity contribution in [2.75, 3.05) is 6.61 Å². The van der Waals surface area contributed by atoms with Crippen molar-refractivity contribution in [3.63, 3.8) is 0 Å². The molecule has 0 saturated heterocycles. The lowest BCUT2D eigenvalue weighted by Gasteiger charge is -2.12. The molecule has 0 aliphatic carbocycles. The van der Waals surface area contributed by atoms with Crippen LogP contribution in [-0.4, -0.2) is 24.6 Å². The van der Waals surface area contributed by atoms with Gasteiger partial charge in [0.25, 0.3) is 0 Å². The van der Waals surface area contributed by atoms with E-state index >= 15 is 0 Å². The third-order valence-electron chi connectivity index (χ3n) is 4.09. The Morgan fingerprint density at radius 2 is 1.84 bits per heavy atom. The highest BCUT2D eigenvalue weighted by Crippen LogP contribution is 2.28. The van der Waals surface area contributed by atoms with Gasteiger partial charge in [0, 0.05) is 0 Å². The fourth-order valence-electron chi connectivity index (χ4n) is 2.60. The van der Waals surface area contributed by atoms with Gasteiger partial charge >= 0.3 is 11.8 Å². The van der Waals surface area contributed by atoms with Crippen LogP contribution in [0.3, 0.4) is 0 Å². The van der Waals surface area contributed by atoms with E-state index < -0.39 is 11.8 Å². The Morgan fingerprint density at radius 1 is 1.00 bits per heavy atom. The van der Waals surface area contributed by atoms with E-state index in [4.69, 9.17) is 13.9 Å². The van der Waals surface area contributed by atoms with Gasteiger partial charge in [-0.25, -0.2) is 5.43 Å². The molecule has 31 heavy (non-hydrogen) atoms. The first-order valence-corrected chi connectivity index (χ1v) is 9.73. The molecular weight excluding hydrogens is 398 g/mol. The number of rotatable bonds is 9. The number of carbonyl (C=O) groups excluding carboxylic acids is 2. The minimum absolute atomic E-state index is 0.116. The first-order valence-electron chi connectivity index (χ1n) is 9.73. The summed E-state index contributed by atoms with van der Waals surface area (Å²) in [5, 5.41) is 6.27. The monoisotopic (exact) mass is 421 g/mol. The maximum absolute atomic E-state index is 11.8. The molecule has 0 atom stereocenters. The van der Waals surface area contributed by atoms with Crippen LogP contribution in [0.2, 0.25) is 0 Å². The molecule has 0 unspecified atom stereocenters. The Labute approximate surface area is 179 Å². The van der Waals surface area contributed by atoms with E-state index in [-0.39, 0.29) is 6.54 Å². The van der Waals surface area contributed by atoms with Crippen molar-refractivity contribution in [1.29, 1.82) is 0 Å². The predicted octanol–water partition coefficient (Wildman–Crippen LogP) is 3.02. The number of hydrogen-bond donors (Lipinski definition) is 2. The van der Waals surface area contributed by atoms with Crippen LogP contribution in [0.4, 0.5) is 0 Å². The summed E-state index contributed by atoms with van der Waals surface area (Å²) >= 11 is 0. The molecule has 0 bridgehead atoms. The van der Waals surface area contributed by atoms with Crippen LogP contribution < -0.4 is 20.2 Å². The van der Waals surface area contributed by atoms with Crippen molar-refractivity contribution >= 4 is 18.0 Å². The molecule has 8 heteroatoms. The van der Waals surface area contributed by atoms with Gasteiger partial charge in [0.15, 0.2) is 11.5 Å². The summed E-state index contributed by atoms with van der Waals surface area (Å²) in [6.07, 6.45) is 2.90. The topological polar surface area (TPSA) is 102 Å². The molecule has 0 aliphatic rings. The molecule has 2 N–H and O–H groups in total.